The topological polar surface area (TPSA) is 35.0 Å². The molecule has 0 fully saturated rings. The summed E-state index contributed by atoms with van der Waals surface area (Å²) in [7, 11) is 0. The Hall–Kier alpha value is -0.890. The number of benzene rings is 1. The summed E-state index contributed by atoms with van der Waals surface area (Å²) in [4.78, 5) is 0. The minimum Gasteiger partial charge on any atom is -0.344 e. The van der Waals surface area contributed by atoms with Gasteiger partial charge in [-0.05, 0) is 5.56 Å². The second-order valence-electron chi connectivity index (χ2n) is 1.62. The van der Waals surface area contributed by atoms with E-state index in [4.69, 9.17) is 0 Å². The normalized spacial score (nSPS) is 8.11. The first-order valence-electron chi connectivity index (χ1n) is 2.53. The number of hydrogen-bond donors (Lipinski definition) is 1. The minimum absolute atomic E-state index is 0. The van der Waals surface area contributed by atoms with Crippen molar-refractivity contribution in [3.8, 4) is 0 Å². The van der Waals surface area contributed by atoms with E-state index in [1.165, 1.54) is 0 Å². The molecule has 0 aliphatic carbocycles. The van der Waals surface area contributed by atoms with Gasteiger partial charge in [0.1, 0.15) is 6.67 Å². The van der Waals surface area contributed by atoms with Crippen LogP contribution in [0.25, 0.3) is 0 Å². The highest BCUT2D eigenvalue weighted by Gasteiger charge is 1.82. The van der Waals surface area contributed by atoms with Gasteiger partial charge in [-0.2, -0.15) is 0 Å². The fraction of sp³-hybridized carbons (Fsp3) is 0.143. The van der Waals surface area contributed by atoms with Crippen molar-refractivity contribution in [2.24, 2.45) is 0 Å². The number of alkyl halides is 1. The summed E-state index contributed by atoms with van der Waals surface area (Å²) in [5.41, 5.74) is 0.743. The molecule has 0 radical (unpaired) electrons. The fourth-order valence-electron chi connectivity index (χ4n) is 0.567. The van der Waals surface area contributed by atoms with Gasteiger partial charge in [0.05, 0.1) is 0 Å². The number of rotatable bonds is 1. The van der Waals surface area contributed by atoms with Crippen molar-refractivity contribution in [1.29, 1.82) is 0 Å². The van der Waals surface area contributed by atoms with Gasteiger partial charge in [0.2, 0.25) is 0 Å². The molecule has 0 atom stereocenters. The molecule has 3 N–H and O–H groups in total. The Bertz CT molecular complexity index is 150. The van der Waals surface area contributed by atoms with Gasteiger partial charge in [-0.1, -0.05) is 30.3 Å². The molecular weight excluding hydrogens is 117 g/mol. The smallest absolute Gasteiger partial charge is 0.115 e. The molecule has 0 amide bonds. The zero-order valence-corrected chi connectivity index (χ0v) is 5.18. The van der Waals surface area contributed by atoms with E-state index in [2.05, 4.69) is 0 Å². The van der Waals surface area contributed by atoms with E-state index in [9.17, 15) is 4.39 Å². The third kappa shape index (κ3) is 2.24. The second-order valence-corrected chi connectivity index (χ2v) is 1.62. The third-order valence-corrected chi connectivity index (χ3v) is 0.997. The summed E-state index contributed by atoms with van der Waals surface area (Å²) in [5.74, 6) is 0. The number of hydrogen-bond acceptors (Lipinski definition) is 1. The average molecular weight is 127 g/mol. The summed E-state index contributed by atoms with van der Waals surface area (Å²) in [6.45, 7) is -0.360. The molecule has 0 saturated heterocycles. The maximum atomic E-state index is 11.7. The molecular formula is C7H10FN. The van der Waals surface area contributed by atoms with Gasteiger partial charge in [0.15, 0.2) is 0 Å². The van der Waals surface area contributed by atoms with Crippen LogP contribution < -0.4 is 6.15 Å². The molecule has 9 heavy (non-hydrogen) atoms. The van der Waals surface area contributed by atoms with Gasteiger partial charge < -0.3 is 6.15 Å². The zero-order valence-electron chi connectivity index (χ0n) is 5.18. The van der Waals surface area contributed by atoms with Crippen LogP contribution in [0.5, 0.6) is 0 Å². The molecule has 0 bridgehead atoms. The van der Waals surface area contributed by atoms with Crippen molar-refractivity contribution in [3.63, 3.8) is 0 Å². The van der Waals surface area contributed by atoms with Crippen molar-refractivity contribution in [2.45, 2.75) is 6.67 Å². The van der Waals surface area contributed by atoms with Gasteiger partial charge in [0.25, 0.3) is 0 Å². The van der Waals surface area contributed by atoms with Gasteiger partial charge in [0, 0.05) is 0 Å². The molecule has 0 saturated carbocycles. The minimum atomic E-state index is -0.360. The average Bonchev–Trinajstić information content (AvgIpc) is 1.90. The van der Waals surface area contributed by atoms with Crippen molar-refractivity contribution in [3.05, 3.63) is 35.9 Å². The Morgan fingerprint density at radius 2 is 1.67 bits per heavy atom. The summed E-state index contributed by atoms with van der Waals surface area (Å²) >= 11 is 0. The van der Waals surface area contributed by atoms with Crippen LogP contribution in [0.15, 0.2) is 30.3 Å². The number of halogens is 1. The van der Waals surface area contributed by atoms with Crippen LogP contribution >= 0.6 is 0 Å². The fourth-order valence-corrected chi connectivity index (χ4v) is 0.567. The molecule has 0 unspecified atom stereocenters. The van der Waals surface area contributed by atoms with Crippen LogP contribution in [0.3, 0.4) is 0 Å². The lowest BCUT2D eigenvalue weighted by Gasteiger charge is -1.87. The van der Waals surface area contributed by atoms with E-state index >= 15 is 0 Å². The van der Waals surface area contributed by atoms with E-state index < -0.39 is 0 Å². The lowest BCUT2D eigenvalue weighted by atomic mass is 10.2. The van der Waals surface area contributed by atoms with Crippen molar-refractivity contribution in [1.82, 2.24) is 6.15 Å². The largest absolute Gasteiger partial charge is 0.344 e. The first-order valence-corrected chi connectivity index (χ1v) is 2.53. The highest BCUT2D eigenvalue weighted by atomic mass is 19.1. The molecule has 0 heterocycles. The van der Waals surface area contributed by atoms with E-state index in [0.29, 0.717) is 0 Å². The molecule has 2 heteroatoms. The maximum absolute atomic E-state index is 11.7. The Labute approximate surface area is 54.1 Å². The molecule has 0 aromatic heterocycles. The Kier molecular flexibility index (Phi) is 3.64. The van der Waals surface area contributed by atoms with Gasteiger partial charge in [-0.25, -0.2) is 4.39 Å². The lowest BCUT2D eigenvalue weighted by Crippen LogP contribution is -1.72. The Balaban J connectivity index is 0.000000640. The Morgan fingerprint density at radius 1 is 1.11 bits per heavy atom. The first kappa shape index (κ1) is 8.11. The molecule has 0 aliphatic rings. The molecule has 0 aliphatic heterocycles. The molecule has 1 aromatic carbocycles. The predicted octanol–water partition coefficient (Wildman–Crippen LogP) is 2.32. The van der Waals surface area contributed by atoms with Crippen LogP contribution in [0, 0.1) is 0 Å². The third-order valence-electron chi connectivity index (χ3n) is 0.997. The molecule has 1 nitrogen and oxygen atoms in total. The SMILES string of the molecule is FCc1ccccc1.N. The predicted molar refractivity (Wildman–Crippen MR) is 36.3 cm³/mol. The summed E-state index contributed by atoms with van der Waals surface area (Å²) in [5, 5.41) is 0. The summed E-state index contributed by atoms with van der Waals surface area (Å²) in [6, 6.07) is 9.06. The second kappa shape index (κ2) is 4.04. The van der Waals surface area contributed by atoms with Crippen molar-refractivity contribution in [2.75, 3.05) is 0 Å². The van der Waals surface area contributed by atoms with Crippen molar-refractivity contribution < 1.29 is 4.39 Å². The monoisotopic (exact) mass is 127 g/mol. The highest BCUT2D eigenvalue weighted by Crippen LogP contribution is 1.98. The van der Waals surface area contributed by atoms with E-state index in [1.54, 1.807) is 12.1 Å². The van der Waals surface area contributed by atoms with Crippen LogP contribution in [-0.4, -0.2) is 0 Å². The first-order chi connectivity index (χ1) is 3.93. The van der Waals surface area contributed by atoms with Gasteiger partial charge in [-0.3, -0.25) is 0 Å². The quantitative estimate of drug-likeness (QED) is 0.617. The van der Waals surface area contributed by atoms with Crippen LogP contribution in [0.1, 0.15) is 5.56 Å². The lowest BCUT2D eigenvalue weighted by molar-refractivity contribution is 0.485. The maximum Gasteiger partial charge on any atom is 0.115 e. The van der Waals surface area contributed by atoms with Gasteiger partial charge in [-0.15, -0.1) is 0 Å². The molecule has 50 valence electrons. The molecule has 1 aromatic rings. The van der Waals surface area contributed by atoms with E-state index in [-0.39, 0.29) is 12.8 Å². The van der Waals surface area contributed by atoms with E-state index in [1.807, 2.05) is 18.2 Å². The van der Waals surface area contributed by atoms with E-state index in [0.717, 1.165) is 5.56 Å². The molecule has 1 rings (SSSR count). The van der Waals surface area contributed by atoms with Crippen molar-refractivity contribution >= 4 is 0 Å². The highest BCUT2D eigenvalue weighted by molar-refractivity contribution is 5.13. The Morgan fingerprint density at radius 3 is 2.00 bits per heavy atom. The van der Waals surface area contributed by atoms with Crippen LogP contribution in [0.4, 0.5) is 4.39 Å². The summed E-state index contributed by atoms with van der Waals surface area (Å²) < 4.78 is 11.7. The zero-order chi connectivity index (χ0) is 5.82. The van der Waals surface area contributed by atoms with Gasteiger partial charge >= 0.3 is 0 Å². The van der Waals surface area contributed by atoms with Crippen LogP contribution in [0.2, 0.25) is 0 Å². The standard InChI is InChI=1S/C7H7F.H3N/c8-6-7-4-2-1-3-5-7;/h1-5H,6H2;1H3. The molecule has 0 spiro atoms. The summed E-state index contributed by atoms with van der Waals surface area (Å²) in [6.07, 6.45) is 0. The van der Waals surface area contributed by atoms with Crippen LogP contribution in [-0.2, 0) is 6.67 Å².